The van der Waals surface area contributed by atoms with Gasteiger partial charge in [0.1, 0.15) is 17.6 Å². The minimum Gasteiger partial charge on any atom is -0.497 e. The van der Waals surface area contributed by atoms with Gasteiger partial charge < -0.3 is 15.8 Å². The molecule has 2 aromatic rings. The highest BCUT2D eigenvalue weighted by Crippen LogP contribution is 2.32. The molecule has 202 valence electrons. The van der Waals surface area contributed by atoms with Crippen LogP contribution in [0, 0.1) is 23.1 Å². The Morgan fingerprint density at radius 1 is 1.24 bits per heavy atom. The number of halogens is 1. The van der Waals surface area contributed by atoms with Crippen LogP contribution in [0.4, 0.5) is 4.39 Å². The van der Waals surface area contributed by atoms with Gasteiger partial charge in [-0.2, -0.15) is 5.26 Å². The fourth-order valence-corrected chi connectivity index (χ4v) is 5.05. The molecule has 0 spiro atoms. The molecule has 0 bridgehead atoms. The Labute approximate surface area is 226 Å². The van der Waals surface area contributed by atoms with Crippen LogP contribution in [0.3, 0.4) is 0 Å². The van der Waals surface area contributed by atoms with Gasteiger partial charge in [-0.25, -0.2) is 4.39 Å². The fourth-order valence-electron chi connectivity index (χ4n) is 5.05. The summed E-state index contributed by atoms with van der Waals surface area (Å²) in [4.78, 5) is 13.5. The van der Waals surface area contributed by atoms with E-state index in [-0.39, 0.29) is 29.5 Å². The molecule has 2 aromatic carbocycles. The van der Waals surface area contributed by atoms with Crippen molar-refractivity contribution in [1.82, 2.24) is 5.32 Å². The molecule has 1 aliphatic carbocycles. The number of unbranched alkanes of at least 4 members (excludes halogenated alkanes) is 1. The van der Waals surface area contributed by atoms with Crippen molar-refractivity contribution in [2.24, 2.45) is 11.7 Å². The molecule has 0 radical (unpaired) electrons. The van der Waals surface area contributed by atoms with Gasteiger partial charge in [0.05, 0.1) is 12.7 Å². The zero-order valence-corrected chi connectivity index (χ0v) is 22.8. The van der Waals surface area contributed by atoms with Crippen molar-refractivity contribution < 1.29 is 13.9 Å². The number of allylic oxidation sites excluding steroid dienone is 2. The summed E-state index contributed by atoms with van der Waals surface area (Å²) >= 11 is 0. The third-order valence-electron chi connectivity index (χ3n) is 7.27. The number of nitrogens with one attached hydrogen (secondary N) is 1. The number of carbonyl (C=O) groups excluding carboxylic acids is 1. The van der Waals surface area contributed by atoms with E-state index in [1.807, 2.05) is 42.5 Å². The van der Waals surface area contributed by atoms with E-state index in [1.54, 1.807) is 13.2 Å². The summed E-state index contributed by atoms with van der Waals surface area (Å²) in [5.41, 5.74) is 9.42. The zero-order valence-electron chi connectivity index (χ0n) is 22.8. The lowest BCUT2D eigenvalue weighted by atomic mass is 9.84. The van der Waals surface area contributed by atoms with Crippen molar-refractivity contribution in [3.8, 4) is 11.8 Å². The van der Waals surface area contributed by atoms with E-state index < -0.39 is 5.82 Å². The summed E-state index contributed by atoms with van der Waals surface area (Å²) in [5, 5.41) is 12.4. The van der Waals surface area contributed by atoms with Crippen molar-refractivity contribution in [3.63, 3.8) is 0 Å². The number of nitrogens with two attached hydrogens (primary N) is 1. The first-order chi connectivity index (χ1) is 18.4. The third kappa shape index (κ3) is 8.03. The summed E-state index contributed by atoms with van der Waals surface area (Å²) in [7, 11) is 1.64. The first-order valence-electron chi connectivity index (χ1n) is 13.7. The Morgan fingerprint density at radius 3 is 2.61 bits per heavy atom. The molecule has 1 amide bonds. The van der Waals surface area contributed by atoms with Crippen molar-refractivity contribution in [2.45, 2.75) is 77.3 Å². The van der Waals surface area contributed by atoms with Gasteiger partial charge in [-0.15, -0.1) is 0 Å². The van der Waals surface area contributed by atoms with Crippen LogP contribution in [0.2, 0.25) is 0 Å². The Morgan fingerprint density at radius 2 is 2.00 bits per heavy atom. The molecule has 0 aliphatic heterocycles. The topological polar surface area (TPSA) is 88.1 Å². The standard InChI is InChI=1S/C32H40FN3O2/c1-4-6-8-25(32(37)36-28-10-7-9-27(35)20-28)18-30(24-13-14-26(21-34)31(33)19-24)23(5-2)17-22-11-15-29(38-3)16-12-22/h8,11-16,18-19,23,27-28H,4-7,9-10,17,20,35H2,1-3H3,(H,36,37)/b25-8+,30-18+/t23?,27-,28-/m1/s1. The van der Waals surface area contributed by atoms with Gasteiger partial charge in [0.2, 0.25) is 0 Å². The maximum atomic E-state index is 14.8. The van der Waals surface area contributed by atoms with Gasteiger partial charge in [-0.1, -0.05) is 44.5 Å². The highest BCUT2D eigenvalue weighted by molar-refractivity contribution is 5.98. The number of amides is 1. The lowest BCUT2D eigenvalue weighted by Crippen LogP contribution is -2.42. The molecule has 38 heavy (non-hydrogen) atoms. The first-order valence-corrected chi connectivity index (χ1v) is 13.7. The smallest absolute Gasteiger partial charge is 0.251 e. The monoisotopic (exact) mass is 517 g/mol. The number of hydrogen-bond acceptors (Lipinski definition) is 4. The van der Waals surface area contributed by atoms with E-state index in [2.05, 4.69) is 19.2 Å². The number of nitriles is 1. The van der Waals surface area contributed by atoms with E-state index in [9.17, 15) is 14.4 Å². The van der Waals surface area contributed by atoms with Gasteiger partial charge in [0.15, 0.2) is 0 Å². The molecular weight excluding hydrogens is 477 g/mol. The molecule has 0 saturated heterocycles. The average molecular weight is 518 g/mol. The number of carbonyl (C=O) groups is 1. The Balaban J connectivity index is 2.02. The van der Waals surface area contributed by atoms with E-state index in [4.69, 9.17) is 10.5 Å². The quantitative estimate of drug-likeness (QED) is 0.264. The molecule has 1 saturated carbocycles. The molecule has 5 nitrogen and oxygen atoms in total. The first kappa shape index (κ1) is 29.1. The molecule has 1 fully saturated rings. The van der Waals surface area contributed by atoms with Crippen LogP contribution in [0.15, 0.2) is 60.2 Å². The summed E-state index contributed by atoms with van der Waals surface area (Å²) < 4.78 is 20.1. The molecule has 3 N–H and O–H groups in total. The van der Waals surface area contributed by atoms with E-state index in [1.165, 1.54) is 12.1 Å². The molecule has 0 heterocycles. The lowest BCUT2D eigenvalue weighted by Gasteiger charge is -2.27. The zero-order chi connectivity index (χ0) is 27.5. The molecular formula is C32H40FN3O2. The van der Waals surface area contributed by atoms with Crippen LogP contribution in [0.25, 0.3) is 5.57 Å². The van der Waals surface area contributed by atoms with Crippen LogP contribution in [0.5, 0.6) is 5.75 Å². The predicted molar refractivity (Wildman–Crippen MR) is 151 cm³/mol. The van der Waals surface area contributed by atoms with Gasteiger partial charge in [-0.05, 0) is 97.9 Å². The molecule has 0 aromatic heterocycles. The Kier molecular flexibility index (Phi) is 11.1. The van der Waals surface area contributed by atoms with Crippen LogP contribution in [-0.2, 0) is 11.2 Å². The molecule has 6 heteroatoms. The third-order valence-corrected chi connectivity index (χ3v) is 7.27. The molecule has 3 atom stereocenters. The molecule has 1 aliphatic rings. The SMILES string of the molecule is CCC/C=C(\C=C(\c1ccc(C#N)c(F)c1)C(CC)Cc1ccc(OC)cc1)C(=O)N[C@@H]1CCC[C@@H](N)C1. The van der Waals surface area contributed by atoms with Crippen LogP contribution >= 0.6 is 0 Å². The number of rotatable bonds is 11. The minimum atomic E-state index is -0.560. The van der Waals surface area contributed by atoms with Crippen LogP contribution in [-0.4, -0.2) is 25.1 Å². The number of benzene rings is 2. The maximum Gasteiger partial charge on any atom is 0.251 e. The summed E-state index contributed by atoms with van der Waals surface area (Å²) in [5.74, 6) is 0.130. The second-order valence-electron chi connectivity index (χ2n) is 10.1. The number of methoxy groups -OCH3 is 1. The number of hydrogen-bond donors (Lipinski definition) is 2. The van der Waals surface area contributed by atoms with Crippen molar-refractivity contribution in [2.75, 3.05) is 7.11 Å². The normalized spacial score (nSPS) is 18.9. The number of ether oxygens (including phenoxy) is 1. The van der Waals surface area contributed by atoms with Crippen molar-refractivity contribution >= 4 is 11.5 Å². The highest BCUT2D eigenvalue weighted by atomic mass is 19.1. The second-order valence-corrected chi connectivity index (χ2v) is 10.1. The van der Waals surface area contributed by atoms with Crippen LogP contribution in [0.1, 0.15) is 75.5 Å². The largest absolute Gasteiger partial charge is 0.497 e. The molecule has 1 unspecified atom stereocenters. The average Bonchev–Trinajstić information content (AvgIpc) is 2.92. The minimum absolute atomic E-state index is 0.00410. The van der Waals surface area contributed by atoms with E-state index in [0.717, 1.165) is 61.8 Å². The van der Waals surface area contributed by atoms with Gasteiger partial charge in [-0.3, -0.25) is 4.79 Å². The summed E-state index contributed by atoms with van der Waals surface area (Å²) in [6.07, 6.45) is 10.8. The Hall–Kier alpha value is -3.43. The molecule has 3 rings (SSSR count). The van der Waals surface area contributed by atoms with Gasteiger partial charge >= 0.3 is 0 Å². The summed E-state index contributed by atoms with van der Waals surface area (Å²) in [6.45, 7) is 4.17. The predicted octanol–water partition coefficient (Wildman–Crippen LogP) is 6.47. The van der Waals surface area contributed by atoms with E-state index >= 15 is 0 Å². The Bertz CT molecular complexity index is 1180. The highest BCUT2D eigenvalue weighted by Gasteiger charge is 2.23. The van der Waals surface area contributed by atoms with Gasteiger partial charge in [0, 0.05) is 17.7 Å². The second kappa shape index (κ2) is 14.5. The van der Waals surface area contributed by atoms with E-state index in [0.29, 0.717) is 17.6 Å². The fraction of sp³-hybridized carbons (Fsp3) is 0.438. The van der Waals surface area contributed by atoms with Crippen LogP contribution < -0.4 is 15.8 Å². The number of nitrogens with zero attached hydrogens (tertiary/aromatic N) is 1. The maximum absolute atomic E-state index is 14.8. The van der Waals surface area contributed by atoms with Crippen molar-refractivity contribution in [1.29, 1.82) is 5.26 Å². The summed E-state index contributed by atoms with van der Waals surface area (Å²) in [6, 6.07) is 14.7. The van der Waals surface area contributed by atoms with Crippen molar-refractivity contribution in [3.05, 3.63) is 82.7 Å². The lowest BCUT2D eigenvalue weighted by molar-refractivity contribution is -0.118. The van der Waals surface area contributed by atoms with Gasteiger partial charge in [0.25, 0.3) is 5.91 Å².